The van der Waals surface area contributed by atoms with Gasteiger partial charge in [-0.25, -0.2) is 22.4 Å². The molecule has 1 aliphatic heterocycles. The van der Waals surface area contributed by atoms with E-state index in [0.717, 1.165) is 0 Å². The predicted octanol–water partition coefficient (Wildman–Crippen LogP) is 3.00. The number of alkyl halides is 7. The third-order valence-corrected chi connectivity index (χ3v) is 7.77. The van der Waals surface area contributed by atoms with E-state index in [1.165, 1.54) is 0 Å². The molecule has 3 rings (SSSR count). The Labute approximate surface area is 236 Å². The van der Waals surface area contributed by atoms with Gasteiger partial charge in [0.05, 0.1) is 12.0 Å². The van der Waals surface area contributed by atoms with E-state index < -0.39 is 116 Å². The molecule has 4 N–H and O–H groups in total. The lowest BCUT2D eigenvalue weighted by Crippen LogP contribution is -2.58. The van der Waals surface area contributed by atoms with Gasteiger partial charge in [-0.15, -0.1) is 0 Å². The van der Waals surface area contributed by atoms with Gasteiger partial charge < -0.3 is 26.0 Å². The Bertz CT molecular complexity index is 1050. The van der Waals surface area contributed by atoms with Crippen molar-refractivity contribution in [3.05, 3.63) is 0 Å². The topological polar surface area (TPSA) is 145 Å². The van der Waals surface area contributed by atoms with Crippen molar-refractivity contribution in [2.75, 3.05) is 6.54 Å². The van der Waals surface area contributed by atoms with E-state index in [1.807, 2.05) is 5.32 Å². The number of nitrogens with one attached hydrogen (secondary N) is 3. The van der Waals surface area contributed by atoms with Crippen LogP contribution in [0.25, 0.3) is 0 Å². The number of hydrogen-bond acceptors (Lipinski definition) is 5. The molecule has 0 aromatic carbocycles. The molecule has 0 aromatic heterocycles. The van der Waals surface area contributed by atoms with Crippen molar-refractivity contribution >= 4 is 29.6 Å². The summed E-state index contributed by atoms with van der Waals surface area (Å²) in [6.07, 6.45) is -10.2. The minimum atomic E-state index is -4.90. The van der Waals surface area contributed by atoms with Gasteiger partial charge in [-0.3, -0.25) is 19.2 Å². The second-order valence-corrected chi connectivity index (χ2v) is 11.4. The molecule has 2 aliphatic carbocycles. The molecular weight excluding hydrogens is 585 g/mol. The van der Waals surface area contributed by atoms with Gasteiger partial charge >= 0.3 is 12.3 Å². The summed E-state index contributed by atoms with van der Waals surface area (Å²) in [5.41, 5.74) is 0. The molecule has 4 amide bonds. The number of halogens is 7. The normalized spacial score (nSPS) is 24.4. The Morgan fingerprint density at radius 1 is 0.976 bits per heavy atom. The molecule has 1 unspecified atom stereocenters. The Hall–Kier alpha value is -3.14. The lowest BCUT2D eigenvalue weighted by molar-refractivity contribution is -0.171. The Balaban J connectivity index is 1.85. The van der Waals surface area contributed by atoms with E-state index in [2.05, 4.69) is 10.6 Å². The molecule has 3 fully saturated rings. The summed E-state index contributed by atoms with van der Waals surface area (Å²) in [5.74, 6) is -14.7. The minimum absolute atomic E-state index is 0.306. The van der Waals surface area contributed by atoms with Gasteiger partial charge in [-0.1, -0.05) is 0 Å². The highest BCUT2D eigenvalue weighted by Crippen LogP contribution is 2.40. The summed E-state index contributed by atoms with van der Waals surface area (Å²) >= 11 is 0. The SMILES string of the molecule is CC(F)(F)CCC(NC(=O)[C@@H]1C[C@@H](C(F)(F)F)CN1C(=O)[C@@H](NC(=O)O)C1CCC(F)(F)CC1)C(=O)C(=O)NC1CC1. The second kappa shape index (κ2) is 12.6. The van der Waals surface area contributed by atoms with Gasteiger partial charge in [0.1, 0.15) is 12.1 Å². The lowest BCUT2D eigenvalue weighted by atomic mass is 9.81. The molecule has 10 nitrogen and oxygen atoms in total. The highest BCUT2D eigenvalue weighted by atomic mass is 19.4. The van der Waals surface area contributed by atoms with Crippen LogP contribution in [0.15, 0.2) is 0 Å². The monoisotopic (exact) mass is 618 g/mol. The highest BCUT2D eigenvalue weighted by Gasteiger charge is 2.53. The fraction of sp³-hybridized carbons (Fsp3) is 0.800. The zero-order valence-electron chi connectivity index (χ0n) is 22.6. The first-order chi connectivity index (χ1) is 19.3. The standard InChI is InChI=1S/C25H33F7N4O6/c1-23(26,27)7-6-15(18(37)20(39)33-14-2-3-14)34-19(38)16-10-13(25(30,31)32)11-36(16)21(40)17(35-22(41)42)12-4-8-24(28,29)9-5-12/h12-17,35H,2-11H2,1H3,(H,33,39)(H,34,38)(H,41,42)/t13-,15?,16+,17+/m1/s1. The average Bonchev–Trinajstić information content (AvgIpc) is 3.55. The van der Waals surface area contributed by atoms with Crippen molar-refractivity contribution in [2.45, 2.75) is 107 Å². The molecule has 42 heavy (non-hydrogen) atoms. The maximum atomic E-state index is 13.7. The van der Waals surface area contributed by atoms with Gasteiger partial charge in [-0.05, 0) is 51.4 Å². The first-order valence-electron chi connectivity index (χ1n) is 13.5. The van der Waals surface area contributed by atoms with Crippen LogP contribution in [0.2, 0.25) is 0 Å². The zero-order valence-corrected chi connectivity index (χ0v) is 22.6. The first kappa shape index (κ1) is 33.4. The highest BCUT2D eigenvalue weighted by molar-refractivity contribution is 6.38. The van der Waals surface area contributed by atoms with Crippen LogP contribution < -0.4 is 16.0 Å². The van der Waals surface area contributed by atoms with Crippen molar-refractivity contribution in [2.24, 2.45) is 11.8 Å². The Morgan fingerprint density at radius 3 is 2.07 bits per heavy atom. The Morgan fingerprint density at radius 2 is 1.57 bits per heavy atom. The van der Waals surface area contributed by atoms with Crippen LogP contribution in [0.3, 0.4) is 0 Å². The molecule has 0 radical (unpaired) electrons. The van der Waals surface area contributed by atoms with E-state index in [1.54, 1.807) is 0 Å². The number of carbonyl (C=O) groups is 5. The van der Waals surface area contributed by atoms with Crippen molar-refractivity contribution < 1.29 is 59.8 Å². The van der Waals surface area contributed by atoms with Gasteiger partial charge in [0.15, 0.2) is 0 Å². The van der Waals surface area contributed by atoms with Crippen molar-refractivity contribution in [1.29, 1.82) is 0 Å². The molecule has 0 bridgehead atoms. The number of carboxylic acid groups (broad SMARTS) is 1. The van der Waals surface area contributed by atoms with Gasteiger partial charge in [0, 0.05) is 31.8 Å². The third kappa shape index (κ3) is 9.18. The van der Waals surface area contributed by atoms with Crippen LogP contribution in [-0.4, -0.2) is 88.3 Å². The van der Waals surface area contributed by atoms with E-state index in [4.69, 9.17) is 0 Å². The number of nitrogens with zero attached hydrogens (tertiary/aromatic N) is 1. The predicted molar refractivity (Wildman–Crippen MR) is 129 cm³/mol. The number of likely N-dealkylation sites (tertiary alicyclic amines) is 1. The van der Waals surface area contributed by atoms with Crippen LogP contribution in [0.4, 0.5) is 35.5 Å². The molecule has 0 spiro atoms. The largest absolute Gasteiger partial charge is 0.465 e. The molecule has 3 aliphatic rings. The van der Waals surface area contributed by atoms with Crippen molar-refractivity contribution in [1.82, 2.24) is 20.9 Å². The van der Waals surface area contributed by atoms with Crippen LogP contribution in [0, 0.1) is 11.8 Å². The maximum Gasteiger partial charge on any atom is 0.405 e. The van der Waals surface area contributed by atoms with Gasteiger partial charge in [0.2, 0.25) is 29.4 Å². The second-order valence-electron chi connectivity index (χ2n) is 11.4. The molecule has 1 heterocycles. The maximum absolute atomic E-state index is 13.7. The summed E-state index contributed by atoms with van der Waals surface area (Å²) < 4.78 is 95.7. The summed E-state index contributed by atoms with van der Waals surface area (Å²) in [7, 11) is 0. The quantitative estimate of drug-likeness (QED) is 0.207. The zero-order chi connectivity index (χ0) is 31.6. The smallest absolute Gasteiger partial charge is 0.405 e. The number of amides is 4. The minimum Gasteiger partial charge on any atom is -0.465 e. The van der Waals surface area contributed by atoms with Crippen molar-refractivity contribution in [3.63, 3.8) is 0 Å². The molecule has 17 heteroatoms. The fourth-order valence-electron chi connectivity index (χ4n) is 5.23. The summed E-state index contributed by atoms with van der Waals surface area (Å²) in [6, 6.07) is -5.82. The van der Waals surface area contributed by atoms with Crippen LogP contribution >= 0.6 is 0 Å². The van der Waals surface area contributed by atoms with E-state index >= 15 is 0 Å². The average molecular weight is 619 g/mol. The van der Waals surface area contributed by atoms with Crippen molar-refractivity contribution in [3.8, 4) is 0 Å². The van der Waals surface area contributed by atoms with Crippen LogP contribution in [-0.2, 0) is 19.2 Å². The molecule has 1 saturated heterocycles. The summed E-state index contributed by atoms with van der Waals surface area (Å²) in [6.45, 7) is -0.544. The van der Waals surface area contributed by atoms with E-state index in [-0.39, 0.29) is 18.9 Å². The number of carbonyl (C=O) groups excluding carboxylic acids is 4. The first-order valence-corrected chi connectivity index (χ1v) is 13.5. The molecule has 4 atom stereocenters. The molecule has 2 saturated carbocycles. The van der Waals surface area contributed by atoms with Crippen LogP contribution in [0.5, 0.6) is 0 Å². The van der Waals surface area contributed by atoms with Gasteiger partial charge in [0.25, 0.3) is 5.91 Å². The number of ketones is 1. The number of hydrogen-bond donors (Lipinski definition) is 4. The third-order valence-electron chi connectivity index (χ3n) is 7.77. The molecule has 0 aromatic rings. The molecule has 238 valence electrons. The fourth-order valence-corrected chi connectivity index (χ4v) is 5.23. The van der Waals surface area contributed by atoms with E-state index in [9.17, 15) is 59.8 Å². The van der Waals surface area contributed by atoms with Crippen LogP contribution in [0.1, 0.15) is 64.7 Å². The van der Waals surface area contributed by atoms with E-state index in [0.29, 0.717) is 24.7 Å². The summed E-state index contributed by atoms with van der Waals surface area (Å²) in [5, 5.41) is 15.5. The Kier molecular flexibility index (Phi) is 10.0. The van der Waals surface area contributed by atoms with Gasteiger partial charge in [-0.2, -0.15) is 13.2 Å². The summed E-state index contributed by atoms with van der Waals surface area (Å²) in [4.78, 5) is 63.7. The lowest BCUT2D eigenvalue weighted by Gasteiger charge is -2.36. The number of rotatable bonds is 11. The number of Topliss-reactive ketones (excluding diaryl/α,β-unsaturated/α-hetero) is 1. The molecular formula is C25H33F7N4O6.